The van der Waals surface area contributed by atoms with Crippen molar-refractivity contribution in [2.24, 2.45) is 0 Å². The van der Waals surface area contributed by atoms with Crippen LogP contribution in [0.4, 0.5) is 5.82 Å². The van der Waals surface area contributed by atoms with Crippen molar-refractivity contribution < 1.29 is 4.74 Å². The molecule has 162 valence electrons. The van der Waals surface area contributed by atoms with Gasteiger partial charge in [-0.05, 0) is 60.2 Å². The van der Waals surface area contributed by atoms with Gasteiger partial charge in [-0.15, -0.1) is 0 Å². The summed E-state index contributed by atoms with van der Waals surface area (Å²) < 4.78 is 6.02. The van der Waals surface area contributed by atoms with Crippen LogP contribution in [-0.2, 0) is 16.9 Å². The number of morpholine rings is 1. The summed E-state index contributed by atoms with van der Waals surface area (Å²) in [5.74, 6) is 0.836. The van der Waals surface area contributed by atoms with Gasteiger partial charge >= 0.3 is 0 Å². The zero-order valence-corrected chi connectivity index (χ0v) is 18.4. The zero-order chi connectivity index (χ0) is 22.0. The summed E-state index contributed by atoms with van der Waals surface area (Å²) in [6.07, 6.45) is 5.59. The molecule has 1 aromatic carbocycles. The summed E-state index contributed by atoms with van der Waals surface area (Å²) in [4.78, 5) is 13.5. The molecular weight excluding hydrogens is 398 g/mol. The molecule has 2 N–H and O–H groups in total. The summed E-state index contributed by atoms with van der Waals surface area (Å²) in [5.41, 5.74) is 5.12. The topological polar surface area (TPSA) is 72.0 Å². The molecule has 0 amide bonds. The molecule has 1 atom stereocenters. The van der Waals surface area contributed by atoms with Crippen LogP contribution >= 0.6 is 0 Å². The minimum absolute atomic E-state index is 0.404. The Kier molecular flexibility index (Phi) is 5.55. The first kappa shape index (κ1) is 20.5. The number of ether oxygens (including phenoxy) is 1. The van der Waals surface area contributed by atoms with Gasteiger partial charge in [-0.3, -0.25) is 9.97 Å². The fraction of sp³-hybridized carbons (Fsp3) is 0.269. The first-order chi connectivity index (χ1) is 15.6. The summed E-state index contributed by atoms with van der Waals surface area (Å²) >= 11 is 0. The van der Waals surface area contributed by atoms with Crippen LogP contribution in [0, 0.1) is 6.92 Å². The quantitative estimate of drug-likeness (QED) is 0.492. The van der Waals surface area contributed by atoms with Crippen molar-refractivity contribution in [2.45, 2.75) is 26.0 Å². The van der Waals surface area contributed by atoms with E-state index in [9.17, 15) is 0 Å². The number of nitrogens with zero attached hydrogens (tertiary/aromatic N) is 3. The third-order valence-electron chi connectivity index (χ3n) is 6.00. The number of rotatable bonds is 5. The predicted molar refractivity (Wildman–Crippen MR) is 127 cm³/mol. The first-order valence-electron chi connectivity index (χ1n) is 11.0. The van der Waals surface area contributed by atoms with Crippen molar-refractivity contribution in [1.29, 1.82) is 0 Å². The van der Waals surface area contributed by atoms with Gasteiger partial charge in [0.15, 0.2) is 0 Å². The molecule has 6 heteroatoms. The summed E-state index contributed by atoms with van der Waals surface area (Å²) in [6, 6.07) is 16.9. The van der Waals surface area contributed by atoms with Gasteiger partial charge in [-0.2, -0.15) is 0 Å². The smallest absolute Gasteiger partial charge is 0.135 e. The van der Waals surface area contributed by atoms with E-state index in [1.807, 2.05) is 37.6 Å². The SMILES string of the molecule is Cc1cc(-c2ccc(CNc3nccc4cc([C@@]5(C)CNCCO5)ncc34)cc2)ccn1. The average Bonchev–Trinajstić information content (AvgIpc) is 2.83. The van der Waals surface area contributed by atoms with Gasteiger partial charge in [0.05, 0.1) is 12.3 Å². The lowest BCUT2D eigenvalue weighted by Gasteiger charge is -2.34. The van der Waals surface area contributed by atoms with Crippen molar-refractivity contribution >= 4 is 16.6 Å². The van der Waals surface area contributed by atoms with Crippen LogP contribution in [0.25, 0.3) is 21.9 Å². The van der Waals surface area contributed by atoms with E-state index in [2.05, 4.69) is 63.9 Å². The van der Waals surface area contributed by atoms with Crippen molar-refractivity contribution in [3.8, 4) is 11.1 Å². The molecule has 0 spiro atoms. The molecule has 0 saturated carbocycles. The number of aryl methyl sites for hydroxylation is 1. The summed E-state index contributed by atoms with van der Waals surface area (Å²) in [7, 11) is 0. The van der Waals surface area contributed by atoms with Crippen LogP contribution in [0.1, 0.15) is 23.9 Å². The largest absolute Gasteiger partial charge is 0.366 e. The molecule has 0 aliphatic carbocycles. The van der Waals surface area contributed by atoms with Crippen molar-refractivity contribution in [1.82, 2.24) is 20.3 Å². The second-order valence-corrected chi connectivity index (χ2v) is 8.44. The molecular formula is C26H27N5O. The number of fused-ring (bicyclic) bond motifs is 1. The number of pyridine rings is 3. The Morgan fingerprint density at radius 2 is 1.84 bits per heavy atom. The molecule has 1 aliphatic heterocycles. The fourth-order valence-corrected chi connectivity index (χ4v) is 4.12. The summed E-state index contributed by atoms with van der Waals surface area (Å²) in [6.45, 7) is 7.12. The van der Waals surface area contributed by atoms with Gasteiger partial charge in [-0.1, -0.05) is 24.3 Å². The minimum Gasteiger partial charge on any atom is -0.366 e. The van der Waals surface area contributed by atoms with E-state index in [1.54, 1.807) is 0 Å². The second-order valence-electron chi connectivity index (χ2n) is 8.44. The van der Waals surface area contributed by atoms with Crippen molar-refractivity contribution in [2.75, 3.05) is 25.0 Å². The minimum atomic E-state index is -0.404. The molecule has 6 nitrogen and oxygen atoms in total. The van der Waals surface area contributed by atoms with Gasteiger partial charge < -0.3 is 15.4 Å². The normalized spacial score (nSPS) is 18.6. The molecule has 0 unspecified atom stereocenters. The standard InChI is InChI=1S/C26H27N5O/c1-18-13-21(7-9-28-18)20-5-3-19(4-6-20)15-31-25-23-16-30-24(14-22(23)8-10-29-25)26(2)17-27-11-12-32-26/h3-10,13-14,16,27H,11-12,15,17H2,1-2H3,(H,29,31)/t26-/m1/s1. The second kappa shape index (κ2) is 8.65. The van der Waals surface area contributed by atoms with Crippen molar-refractivity contribution in [3.05, 3.63) is 84.1 Å². The van der Waals surface area contributed by atoms with Crippen LogP contribution < -0.4 is 10.6 Å². The Hall–Kier alpha value is -3.35. The molecule has 1 fully saturated rings. The van der Waals surface area contributed by atoms with Crippen LogP contribution in [0.15, 0.2) is 67.1 Å². The molecule has 3 aromatic heterocycles. The maximum Gasteiger partial charge on any atom is 0.135 e. The first-order valence-corrected chi connectivity index (χ1v) is 11.0. The lowest BCUT2D eigenvalue weighted by Crippen LogP contribution is -2.45. The number of benzene rings is 1. The van der Waals surface area contributed by atoms with Gasteiger partial charge in [0.25, 0.3) is 0 Å². The van der Waals surface area contributed by atoms with Gasteiger partial charge in [-0.25, -0.2) is 4.98 Å². The maximum absolute atomic E-state index is 6.02. The molecule has 0 radical (unpaired) electrons. The van der Waals surface area contributed by atoms with E-state index in [-0.39, 0.29) is 0 Å². The number of aromatic nitrogens is 3. The average molecular weight is 426 g/mol. The zero-order valence-electron chi connectivity index (χ0n) is 18.4. The number of hydrogen-bond acceptors (Lipinski definition) is 6. The van der Waals surface area contributed by atoms with Crippen LogP contribution in [-0.4, -0.2) is 34.6 Å². The number of nitrogens with one attached hydrogen (secondary N) is 2. The van der Waals surface area contributed by atoms with E-state index in [0.717, 1.165) is 41.1 Å². The van der Waals surface area contributed by atoms with Gasteiger partial charge in [0.2, 0.25) is 0 Å². The maximum atomic E-state index is 6.02. The molecule has 4 aromatic rings. The lowest BCUT2D eigenvalue weighted by atomic mass is 9.98. The molecule has 0 bridgehead atoms. The van der Waals surface area contributed by atoms with Crippen molar-refractivity contribution in [3.63, 3.8) is 0 Å². The van der Waals surface area contributed by atoms with Crippen LogP contribution in [0.3, 0.4) is 0 Å². The number of anilines is 1. The van der Waals surface area contributed by atoms with E-state index < -0.39 is 5.60 Å². The Bertz CT molecular complexity index is 1230. The molecule has 1 aliphatic rings. The third kappa shape index (κ3) is 4.20. The summed E-state index contributed by atoms with van der Waals surface area (Å²) in [5, 5.41) is 8.98. The molecule has 32 heavy (non-hydrogen) atoms. The Morgan fingerprint density at radius 1 is 1.00 bits per heavy atom. The predicted octanol–water partition coefficient (Wildman–Crippen LogP) is 4.45. The highest BCUT2D eigenvalue weighted by molar-refractivity contribution is 5.91. The lowest BCUT2D eigenvalue weighted by molar-refractivity contribution is -0.0600. The molecule has 1 saturated heterocycles. The van der Waals surface area contributed by atoms with Gasteiger partial charge in [0, 0.05) is 49.3 Å². The van der Waals surface area contributed by atoms with E-state index >= 15 is 0 Å². The Morgan fingerprint density at radius 3 is 2.62 bits per heavy atom. The van der Waals surface area contributed by atoms with Crippen LogP contribution in [0.5, 0.6) is 0 Å². The monoisotopic (exact) mass is 425 g/mol. The van der Waals surface area contributed by atoms with Crippen LogP contribution in [0.2, 0.25) is 0 Å². The Balaban J connectivity index is 1.33. The van der Waals surface area contributed by atoms with E-state index in [1.165, 1.54) is 16.7 Å². The highest BCUT2D eigenvalue weighted by Gasteiger charge is 2.31. The van der Waals surface area contributed by atoms with Gasteiger partial charge in [0.1, 0.15) is 11.4 Å². The fourth-order valence-electron chi connectivity index (χ4n) is 4.12. The molecule has 5 rings (SSSR count). The Labute approximate surface area is 188 Å². The third-order valence-corrected chi connectivity index (χ3v) is 6.00. The highest BCUT2D eigenvalue weighted by atomic mass is 16.5. The van der Waals surface area contributed by atoms with E-state index in [0.29, 0.717) is 13.2 Å². The number of hydrogen-bond donors (Lipinski definition) is 2. The molecule has 4 heterocycles. The highest BCUT2D eigenvalue weighted by Crippen LogP contribution is 2.29. The van der Waals surface area contributed by atoms with E-state index in [4.69, 9.17) is 9.72 Å².